The maximum Gasteiger partial charge on any atom is 0.0747 e. The molecule has 0 aromatic rings. The second-order valence-electron chi connectivity index (χ2n) is 6.22. The summed E-state index contributed by atoms with van der Waals surface area (Å²) in [5.41, 5.74) is 0.752. The van der Waals surface area contributed by atoms with E-state index in [1.165, 1.54) is 24.3 Å². The lowest BCUT2D eigenvalue weighted by Gasteiger charge is -2.41. The molecule has 3 rings (SSSR count). The molecule has 2 fully saturated rings. The molecule has 1 aliphatic heterocycles. The number of aliphatic imine (C=N–C) groups is 1. The van der Waals surface area contributed by atoms with Crippen molar-refractivity contribution in [2.24, 2.45) is 16.3 Å². The summed E-state index contributed by atoms with van der Waals surface area (Å²) in [7, 11) is 0. The van der Waals surface area contributed by atoms with E-state index in [4.69, 9.17) is 4.99 Å². The van der Waals surface area contributed by atoms with Crippen molar-refractivity contribution in [3.63, 3.8) is 0 Å². The maximum absolute atomic E-state index is 5.05. The van der Waals surface area contributed by atoms with E-state index in [0.717, 1.165) is 12.3 Å². The van der Waals surface area contributed by atoms with Gasteiger partial charge in [-0.25, -0.2) is 0 Å². The highest BCUT2D eigenvalue weighted by molar-refractivity contribution is 8.15. The van der Waals surface area contributed by atoms with Crippen molar-refractivity contribution < 1.29 is 0 Å². The smallest absolute Gasteiger partial charge is 0.0747 e. The minimum atomic E-state index is 0.259. The number of fused-ring (bicyclic) bond motifs is 1. The first kappa shape index (κ1) is 10.2. The van der Waals surface area contributed by atoms with Gasteiger partial charge in [0.1, 0.15) is 0 Å². The second kappa shape index (κ2) is 2.64. The van der Waals surface area contributed by atoms with Crippen LogP contribution in [0.25, 0.3) is 0 Å². The van der Waals surface area contributed by atoms with Crippen LogP contribution in [-0.2, 0) is 0 Å². The number of thioether (sulfide) groups is 1. The molecule has 2 unspecified atom stereocenters. The third-order valence-corrected chi connectivity index (χ3v) is 7.52. The van der Waals surface area contributed by atoms with Gasteiger partial charge in [0.25, 0.3) is 0 Å². The Morgan fingerprint density at radius 3 is 2.67 bits per heavy atom. The van der Waals surface area contributed by atoms with E-state index < -0.39 is 0 Å². The van der Waals surface area contributed by atoms with Crippen LogP contribution in [-0.4, -0.2) is 15.3 Å². The third kappa shape index (κ3) is 0.916. The second-order valence-corrected chi connectivity index (χ2v) is 7.60. The molecule has 0 aromatic carbocycles. The molecular formula is C13H21NS. The van der Waals surface area contributed by atoms with Gasteiger partial charge in [0.2, 0.25) is 0 Å². The van der Waals surface area contributed by atoms with E-state index in [1.54, 1.807) is 0 Å². The summed E-state index contributed by atoms with van der Waals surface area (Å²) in [4.78, 5) is 5.05. The van der Waals surface area contributed by atoms with Crippen LogP contribution < -0.4 is 0 Å². The van der Waals surface area contributed by atoms with Crippen molar-refractivity contribution >= 4 is 16.8 Å². The molecule has 1 nitrogen and oxygen atoms in total. The fourth-order valence-electron chi connectivity index (χ4n) is 4.43. The quantitative estimate of drug-likeness (QED) is 0.657. The highest BCUT2D eigenvalue weighted by Crippen LogP contribution is 2.73. The summed E-state index contributed by atoms with van der Waals surface area (Å²) in [6, 6.07) is 0. The highest BCUT2D eigenvalue weighted by atomic mass is 32.2. The Morgan fingerprint density at radius 2 is 2.13 bits per heavy atom. The number of hydrogen-bond donors (Lipinski definition) is 0. The van der Waals surface area contributed by atoms with E-state index in [0.29, 0.717) is 10.2 Å². The summed E-state index contributed by atoms with van der Waals surface area (Å²) in [6.07, 6.45) is 5.28. The molecule has 0 N–H and O–H groups in total. The first-order chi connectivity index (χ1) is 6.95. The average Bonchev–Trinajstić information content (AvgIpc) is 2.66. The Kier molecular flexibility index (Phi) is 1.79. The zero-order valence-electron chi connectivity index (χ0n) is 10.3. The minimum absolute atomic E-state index is 0.259. The van der Waals surface area contributed by atoms with E-state index in [9.17, 15) is 0 Å². The normalized spacial score (nSPS) is 50.7. The minimum Gasteiger partial charge on any atom is -0.275 e. The Labute approximate surface area is 97.1 Å². The molecular weight excluding hydrogens is 202 g/mol. The molecule has 84 valence electrons. The van der Waals surface area contributed by atoms with Crippen molar-refractivity contribution in [3.05, 3.63) is 0 Å². The molecule has 0 radical (unpaired) electrons. The molecule has 3 aliphatic rings. The number of hydrogen-bond acceptors (Lipinski definition) is 2. The van der Waals surface area contributed by atoms with Crippen molar-refractivity contribution in [2.75, 3.05) is 0 Å². The van der Waals surface area contributed by atoms with Crippen molar-refractivity contribution in [2.45, 2.75) is 63.7 Å². The summed E-state index contributed by atoms with van der Waals surface area (Å²) < 4.78 is 0.440. The van der Waals surface area contributed by atoms with E-state index in [2.05, 4.69) is 39.5 Å². The van der Waals surface area contributed by atoms with Gasteiger partial charge in [0, 0.05) is 0 Å². The molecule has 15 heavy (non-hydrogen) atoms. The van der Waals surface area contributed by atoms with Crippen LogP contribution in [0.15, 0.2) is 4.99 Å². The summed E-state index contributed by atoms with van der Waals surface area (Å²) >= 11 is 2.13. The lowest BCUT2D eigenvalue weighted by molar-refractivity contribution is 0.265. The van der Waals surface area contributed by atoms with Crippen LogP contribution >= 0.6 is 11.8 Å². The van der Waals surface area contributed by atoms with Crippen molar-refractivity contribution in [1.29, 1.82) is 0 Å². The molecule has 2 saturated carbocycles. The lowest BCUT2D eigenvalue weighted by atomic mass is 9.76. The summed E-state index contributed by atoms with van der Waals surface area (Å²) in [5, 5.41) is 1.41. The van der Waals surface area contributed by atoms with Gasteiger partial charge >= 0.3 is 0 Å². The lowest BCUT2D eigenvalue weighted by Crippen LogP contribution is -2.47. The van der Waals surface area contributed by atoms with Gasteiger partial charge in [-0.1, -0.05) is 20.8 Å². The molecule has 0 saturated heterocycles. The molecule has 3 atom stereocenters. The maximum atomic E-state index is 5.05. The third-order valence-electron chi connectivity index (χ3n) is 5.39. The molecule has 2 bridgehead atoms. The van der Waals surface area contributed by atoms with Crippen LogP contribution in [0.2, 0.25) is 0 Å². The van der Waals surface area contributed by atoms with Crippen molar-refractivity contribution in [3.8, 4) is 0 Å². The summed E-state index contributed by atoms with van der Waals surface area (Å²) in [6.45, 7) is 9.62. The van der Waals surface area contributed by atoms with Gasteiger partial charge in [-0.2, -0.15) is 0 Å². The molecule has 0 aromatic heterocycles. The molecule has 1 heterocycles. The Bertz CT molecular complexity index is 346. The predicted molar refractivity (Wildman–Crippen MR) is 67.6 cm³/mol. The van der Waals surface area contributed by atoms with Gasteiger partial charge in [-0.15, -0.1) is 11.8 Å². The van der Waals surface area contributed by atoms with Crippen molar-refractivity contribution in [1.82, 2.24) is 0 Å². The van der Waals surface area contributed by atoms with Gasteiger partial charge < -0.3 is 0 Å². The Morgan fingerprint density at radius 1 is 1.40 bits per heavy atom. The largest absolute Gasteiger partial charge is 0.275 e. The fraction of sp³-hybridized carbons (Fsp3) is 0.923. The fourth-order valence-corrected chi connectivity index (χ4v) is 6.23. The molecule has 1 spiro atoms. The first-order valence-electron chi connectivity index (χ1n) is 6.23. The van der Waals surface area contributed by atoms with E-state index >= 15 is 0 Å². The van der Waals surface area contributed by atoms with E-state index in [1.807, 2.05) is 0 Å². The topological polar surface area (TPSA) is 12.4 Å². The van der Waals surface area contributed by atoms with Gasteiger partial charge in [0.05, 0.1) is 15.3 Å². The Balaban J connectivity index is 2.10. The Hall–Kier alpha value is 0.0200. The number of rotatable bonds is 1. The average molecular weight is 223 g/mol. The zero-order chi connectivity index (χ0) is 10.9. The van der Waals surface area contributed by atoms with Crippen LogP contribution in [0.5, 0.6) is 0 Å². The monoisotopic (exact) mass is 223 g/mol. The van der Waals surface area contributed by atoms with Crippen LogP contribution in [0.4, 0.5) is 0 Å². The zero-order valence-corrected chi connectivity index (χ0v) is 11.1. The van der Waals surface area contributed by atoms with Crippen LogP contribution in [0, 0.1) is 11.3 Å². The van der Waals surface area contributed by atoms with Gasteiger partial charge in [0.15, 0.2) is 0 Å². The van der Waals surface area contributed by atoms with Gasteiger partial charge in [-0.05, 0) is 43.9 Å². The predicted octanol–water partition coefficient (Wildman–Crippen LogP) is 3.88. The SMILES string of the molecule is CCC1=N[C@@]2(C)CC3CCC2(S1)C3(C)C. The standard InChI is InChI=1S/C13H21NS/c1-5-10-14-12(4)8-9-6-7-13(12,15-10)11(9,2)3/h9H,5-8H2,1-4H3/t9?,12-,13?/m0/s1. The number of nitrogens with zero attached hydrogens (tertiary/aromatic N) is 1. The molecule has 2 heteroatoms. The highest BCUT2D eigenvalue weighted by Gasteiger charge is 2.72. The molecule has 2 aliphatic carbocycles. The van der Waals surface area contributed by atoms with Crippen LogP contribution in [0.3, 0.4) is 0 Å². The van der Waals surface area contributed by atoms with Gasteiger partial charge in [-0.3, -0.25) is 4.99 Å². The van der Waals surface area contributed by atoms with Crippen LogP contribution in [0.1, 0.15) is 53.4 Å². The first-order valence-corrected chi connectivity index (χ1v) is 7.04. The summed E-state index contributed by atoms with van der Waals surface area (Å²) in [5.74, 6) is 0.914. The van der Waals surface area contributed by atoms with E-state index in [-0.39, 0.29) is 5.54 Å². The molecule has 0 amide bonds.